The maximum absolute atomic E-state index is 10.5. The minimum Gasteiger partial charge on any atom is -0.141 e. The van der Waals surface area contributed by atoms with E-state index in [2.05, 4.69) is 6.92 Å². The highest BCUT2D eigenvalue weighted by molar-refractivity contribution is 7.17. The van der Waals surface area contributed by atoms with E-state index in [1.54, 1.807) is 0 Å². The molecule has 2 nitrogen and oxygen atoms in total. The average molecular weight is 189 g/mol. The van der Waals surface area contributed by atoms with Crippen LogP contribution in [0.2, 0.25) is 0 Å². The molecular weight excluding hydrogens is 171 g/mol. The first-order chi connectivity index (χ1) is 5.83. The molecule has 1 rings (SSSR count). The summed E-state index contributed by atoms with van der Waals surface area (Å²) < 4.78 is 15.8. The Morgan fingerprint density at radius 2 is 2.08 bits per heavy atom. The van der Waals surface area contributed by atoms with Crippen molar-refractivity contribution in [1.29, 1.82) is 0 Å². The molecular formula is C9H18O2P+. The Bertz CT molecular complexity index is 141. The number of rotatable bonds is 5. The zero-order valence-corrected chi connectivity index (χ0v) is 8.77. The van der Waals surface area contributed by atoms with Gasteiger partial charge in [0.25, 0.3) is 0 Å². The summed E-state index contributed by atoms with van der Waals surface area (Å²) in [5.74, 6) is 0. The lowest BCUT2D eigenvalue weighted by atomic mass is 9.95. The molecule has 1 atom stereocenters. The van der Waals surface area contributed by atoms with Gasteiger partial charge >= 0.3 is 8.69 Å². The average Bonchev–Trinajstić information content (AvgIpc) is 2.51. The molecule has 0 aromatic rings. The van der Waals surface area contributed by atoms with Crippen molar-refractivity contribution < 1.29 is 9.09 Å². The van der Waals surface area contributed by atoms with Crippen LogP contribution >= 0.6 is 8.69 Å². The van der Waals surface area contributed by atoms with Crippen molar-refractivity contribution in [3.05, 3.63) is 0 Å². The Morgan fingerprint density at radius 1 is 1.42 bits per heavy atom. The van der Waals surface area contributed by atoms with Crippen LogP contribution in [-0.2, 0) is 9.09 Å². The minimum atomic E-state index is -0.576. The maximum Gasteiger partial charge on any atom is 0.494 e. The smallest absolute Gasteiger partial charge is 0.141 e. The normalized spacial score (nSPS) is 21.8. The van der Waals surface area contributed by atoms with Gasteiger partial charge in [0.1, 0.15) is 5.60 Å². The molecule has 0 aliphatic heterocycles. The van der Waals surface area contributed by atoms with E-state index < -0.39 is 8.69 Å². The van der Waals surface area contributed by atoms with Gasteiger partial charge in [0.15, 0.2) is 0 Å². The minimum absolute atomic E-state index is 0.00377. The van der Waals surface area contributed by atoms with E-state index in [4.69, 9.17) is 4.52 Å². The number of hydrogen-bond donors (Lipinski definition) is 0. The fourth-order valence-corrected chi connectivity index (χ4v) is 2.49. The summed E-state index contributed by atoms with van der Waals surface area (Å²) in [6.07, 6.45) is 8.21. The molecule has 0 aromatic heterocycles. The largest absolute Gasteiger partial charge is 0.494 e. The van der Waals surface area contributed by atoms with E-state index in [9.17, 15) is 4.57 Å². The second-order valence-electron chi connectivity index (χ2n) is 3.68. The Balaban J connectivity index is 2.40. The van der Waals surface area contributed by atoms with Gasteiger partial charge in [-0.25, -0.2) is 0 Å². The van der Waals surface area contributed by atoms with Crippen molar-refractivity contribution in [2.45, 2.75) is 57.5 Å². The van der Waals surface area contributed by atoms with Gasteiger partial charge in [-0.2, -0.15) is 0 Å². The molecule has 0 saturated heterocycles. The highest BCUT2D eigenvalue weighted by Crippen LogP contribution is 2.39. The molecule has 3 heteroatoms. The molecule has 0 N–H and O–H groups in total. The summed E-state index contributed by atoms with van der Waals surface area (Å²) in [7, 11) is -0.576. The first-order valence-corrected chi connectivity index (χ1v) is 5.70. The van der Waals surface area contributed by atoms with Gasteiger partial charge in [0.2, 0.25) is 0 Å². The fraction of sp³-hybridized carbons (Fsp3) is 1.00. The van der Waals surface area contributed by atoms with Gasteiger partial charge < -0.3 is 0 Å². The standard InChI is InChI=1S/C9H18O2P/c1-2-3-6-9(11-12-10)7-4-5-8-9/h12H,2-8H2,1H3/q+1. The maximum atomic E-state index is 10.5. The predicted octanol–water partition coefficient (Wildman–Crippen LogP) is 3.45. The Hall–Kier alpha value is 0.0600. The summed E-state index contributed by atoms with van der Waals surface area (Å²) in [5.41, 5.74) is -0.00377. The molecule has 1 aliphatic rings. The Morgan fingerprint density at radius 3 is 2.58 bits per heavy atom. The van der Waals surface area contributed by atoms with E-state index in [1.807, 2.05) is 0 Å². The molecule has 1 fully saturated rings. The van der Waals surface area contributed by atoms with Crippen molar-refractivity contribution >= 4 is 8.69 Å². The second-order valence-corrected chi connectivity index (χ2v) is 4.05. The summed E-state index contributed by atoms with van der Waals surface area (Å²) in [6.45, 7) is 2.18. The summed E-state index contributed by atoms with van der Waals surface area (Å²) in [5, 5.41) is 0. The van der Waals surface area contributed by atoms with Crippen LogP contribution in [0.3, 0.4) is 0 Å². The Kier molecular flexibility index (Phi) is 4.17. The van der Waals surface area contributed by atoms with Gasteiger partial charge in [0.05, 0.1) is 0 Å². The van der Waals surface area contributed by atoms with Crippen molar-refractivity contribution in [2.24, 2.45) is 0 Å². The summed E-state index contributed by atoms with van der Waals surface area (Å²) in [4.78, 5) is 0. The van der Waals surface area contributed by atoms with Gasteiger partial charge in [-0.05, 0) is 23.8 Å². The highest BCUT2D eigenvalue weighted by Gasteiger charge is 2.37. The summed E-state index contributed by atoms with van der Waals surface area (Å²) in [6, 6.07) is 0. The molecule has 0 radical (unpaired) electrons. The fourth-order valence-electron chi connectivity index (χ4n) is 2.01. The second kappa shape index (κ2) is 4.94. The lowest BCUT2D eigenvalue weighted by molar-refractivity contribution is 0.0798. The highest BCUT2D eigenvalue weighted by atomic mass is 31.1. The molecule has 1 aliphatic carbocycles. The van der Waals surface area contributed by atoms with Crippen LogP contribution in [0.5, 0.6) is 0 Å². The quantitative estimate of drug-likeness (QED) is 0.619. The zero-order chi connectivity index (χ0) is 8.86. The third-order valence-electron chi connectivity index (χ3n) is 2.76. The third-order valence-corrected chi connectivity index (χ3v) is 3.28. The molecule has 0 heterocycles. The summed E-state index contributed by atoms with van der Waals surface area (Å²) >= 11 is 0. The van der Waals surface area contributed by atoms with Gasteiger partial charge in [-0.1, -0.05) is 32.6 Å². The van der Waals surface area contributed by atoms with E-state index in [-0.39, 0.29) is 5.60 Å². The van der Waals surface area contributed by atoms with Crippen LogP contribution in [0.4, 0.5) is 0 Å². The third kappa shape index (κ3) is 2.53. The lowest BCUT2D eigenvalue weighted by Gasteiger charge is -2.20. The van der Waals surface area contributed by atoms with Gasteiger partial charge in [0, 0.05) is 0 Å². The number of unbranched alkanes of at least 4 members (excludes halogenated alkanes) is 1. The Labute approximate surface area is 76.0 Å². The molecule has 1 unspecified atom stereocenters. The van der Waals surface area contributed by atoms with E-state index in [0.717, 1.165) is 19.3 Å². The molecule has 0 amide bonds. The molecule has 1 saturated carbocycles. The van der Waals surface area contributed by atoms with E-state index >= 15 is 0 Å². The number of hydrogen-bond acceptors (Lipinski definition) is 2. The molecule has 70 valence electrons. The molecule has 0 aromatic carbocycles. The van der Waals surface area contributed by atoms with Gasteiger partial charge in [-0.15, -0.1) is 4.52 Å². The SMILES string of the molecule is CCCCC1(O[PH+]=O)CCCC1. The van der Waals surface area contributed by atoms with Crippen LogP contribution in [0, 0.1) is 0 Å². The van der Waals surface area contributed by atoms with Crippen molar-refractivity contribution in [3.8, 4) is 0 Å². The molecule has 0 spiro atoms. The first kappa shape index (κ1) is 10.1. The van der Waals surface area contributed by atoms with Crippen molar-refractivity contribution in [3.63, 3.8) is 0 Å². The van der Waals surface area contributed by atoms with Crippen LogP contribution < -0.4 is 0 Å². The van der Waals surface area contributed by atoms with Crippen LogP contribution in [0.15, 0.2) is 0 Å². The lowest BCUT2D eigenvalue weighted by Crippen LogP contribution is -2.24. The topological polar surface area (TPSA) is 26.3 Å². The predicted molar refractivity (Wildman–Crippen MR) is 50.8 cm³/mol. The monoisotopic (exact) mass is 189 g/mol. The van der Waals surface area contributed by atoms with Crippen LogP contribution in [-0.4, -0.2) is 5.60 Å². The molecule has 0 bridgehead atoms. The van der Waals surface area contributed by atoms with E-state index in [0.29, 0.717) is 0 Å². The zero-order valence-electron chi connectivity index (χ0n) is 7.77. The van der Waals surface area contributed by atoms with Crippen LogP contribution in [0.25, 0.3) is 0 Å². The van der Waals surface area contributed by atoms with Crippen molar-refractivity contribution in [1.82, 2.24) is 0 Å². The van der Waals surface area contributed by atoms with Crippen LogP contribution in [0.1, 0.15) is 51.9 Å². The molecule has 12 heavy (non-hydrogen) atoms. The van der Waals surface area contributed by atoms with E-state index in [1.165, 1.54) is 25.7 Å². The van der Waals surface area contributed by atoms with Crippen molar-refractivity contribution in [2.75, 3.05) is 0 Å². The first-order valence-electron chi connectivity index (χ1n) is 4.88. The van der Waals surface area contributed by atoms with Gasteiger partial charge in [-0.3, -0.25) is 0 Å².